The molecule has 0 saturated carbocycles. The van der Waals surface area contributed by atoms with E-state index in [0.29, 0.717) is 18.0 Å². The molecule has 6 heteroatoms. The first-order valence-electron chi connectivity index (χ1n) is 6.53. The van der Waals surface area contributed by atoms with Gasteiger partial charge in [-0.05, 0) is 24.6 Å². The molecule has 0 radical (unpaired) electrons. The van der Waals surface area contributed by atoms with Crippen LogP contribution >= 0.6 is 23.4 Å². The Hall–Kier alpha value is -1.20. The summed E-state index contributed by atoms with van der Waals surface area (Å²) in [6.07, 6.45) is 0.338. The number of hydrogen-bond donors (Lipinski definition) is 1. The Morgan fingerprint density at radius 3 is 2.75 bits per heavy atom. The number of rotatable bonds is 5. The highest BCUT2D eigenvalue weighted by molar-refractivity contribution is 8.13. The predicted octanol–water partition coefficient (Wildman–Crippen LogP) is 3.08. The summed E-state index contributed by atoms with van der Waals surface area (Å²) in [6, 6.07) is 7.34. The minimum Gasteiger partial charge on any atom is -0.350 e. The molecule has 0 bridgehead atoms. The number of nitrogens with zero attached hydrogens (tertiary/aromatic N) is 1. The largest absolute Gasteiger partial charge is 0.350 e. The van der Waals surface area contributed by atoms with Crippen LogP contribution in [0.2, 0.25) is 5.02 Å². The topological polar surface area (TPSA) is 49.4 Å². The number of halogens is 1. The molecule has 2 amide bonds. The van der Waals surface area contributed by atoms with Gasteiger partial charge in [-0.25, -0.2) is 0 Å². The number of carbonyl (C=O) groups is 2. The van der Waals surface area contributed by atoms with Crippen molar-refractivity contribution in [2.75, 3.05) is 18.8 Å². The molecule has 20 heavy (non-hydrogen) atoms. The smallest absolute Gasteiger partial charge is 0.281 e. The lowest BCUT2D eigenvalue weighted by Crippen LogP contribution is -2.32. The number of benzene rings is 1. The Morgan fingerprint density at radius 1 is 1.45 bits per heavy atom. The first-order valence-corrected chi connectivity index (χ1v) is 7.89. The molecule has 0 aromatic heterocycles. The second-order valence-electron chi connectivity index (χ2n) is 4.69. The van der Waals surface area contributed by atoms with Crippen molar-refractivity contribution in [1.82, 2.24) is 10.2 Å². The molecule has 0 spiro atoms. The zero-order valence-electron chi connectivity index (χ0n) is 11.3. The molecule has 4 nitrogen and oxygen atoms in total. The van der Waals surface area contributed by atoms with Crippen LogP contribution in [-0.4, -0.2) is 34.9 Å². The summed E-state index contributed by atoms with van der Waals surface area (Å²) in [5, 5.41) is 3.68. The van der Waals surface area contributed by atoms with E-state index >= 15 is 0 Å². The van der Waals surface area contributed by atoms with Crippen molar-refractivity contribution in [1.29, 1.82) is 0 Å². The summed E-state index contributed by atoms with van der Waals surface area (Å²) >= 11 is 7.14. The summed E-state index contributed by atoms with van der Waals surface area (Å²) in [6.45, 7) is 3.16. The third-order valence-electron chi connectivity index (χ3n) is 3.20. The third-order valence-corrected chi connectivity index (χ3v) is 4.35. The lowest BCUT2D eigenvalue weighted by molar-refractivity contribution is -0.121. The quantitative estimate of drug-likeness (QED) is 0.909. The Morgan fingerprint density at radius 2 is 2.15 bits per heavy atom. The van der Waals surface area contributed by atoms with Crippen LogP contribution in [0.25, 0.3) is 0 Å². The van der Waals surface area contributed by atoms with Crippen molar-refractivity contribution in [2.45, 2.75) is 19.4 Å². The minimum absolute atomic E-state index is 0.0443. The van der Waals surface area contributed by atoms with E-state index in [0.717, 1.165) is 17.9 Å². The SMILES string of the molecule is C[C@@H](NC(=O)CCN1CCSC1=O)c1ccc(Cl)cc1. The molecule has 1 heterocycles. The van der Waals surface area contributed by atoms with Crippen LogP contribution in [0, 0.1) is 0 Å². The van der Waals surface area contributed by atoms with Crippen LogP contribution in [-0.2, 0) is 4.79 Å². The number of hydrogen-bond acceptors (Lipinski definition) is 3. The highest BCUT2D eigenvalue weighted by Crippen LogP contribution is 2.18. The van der Waals surface area contributed by atoms with E-state index in [4.69, 9.17) is 11.6 Å². The van der Waals surface area contributed by atoms with Crippen LogP contribution in [0.5, 0.6) is 0 Å². The molecule has 1 aromatic carbocycles. The van der Waals surface area contributed by atoms with E-state index in [1.807, 2.05) is 19.1 Å². The summed E-state index contributed by atoms with van der Waals surface area (Å²) in [5.41, 5.74) is 1.01. The lowest BCUT2D eigenvalue weighted by atomic mass is 10.1. The van der Waals surface area contributed by atoms with Gasteiger partial charge in [-0.3, -0.25) is 9.59 Å². The Labute approximate surface area is 127 Å². The molecular formula is C14H17ClN2O2S. The molecule has 0 aliphatic carbocycles. The van der Waals surface area contributed by atoms with Gasteiger partial charge in [0.25, 0.3) is 5.24 Å². The van der Waals surface area contributed by atoms with Gasteiger partial charge in [0, 0.05) is 30.3 Å². The monoisotopic (exact) mass is 312 g/mol. The van der Waals surface area contributed by atoms with Crippen molar-refractivity contribution in [2.24, 2.45) is 0 Å². The molecule has 1 aromatic rings. The highest BCUT2D eigenvalue weighted by atomic mass is 35.5. The fourth-order valence-corrected chi connectivity index (χ4v) is 2.99. The minimum atomic E-state index is -0.0663. The fraction of sp³-hybridized carbons (Fsp3) is 0.429. The summed E-state index contributed by atoms with van der Waals surface area (Å²) in [5.74, 6) is 0.777. The van der Waals surface area contributed by atoms with E-state index in [9.17, 15) is 9.59 Å². The van der Waals surface area contributed by atoms with E-state index in [-0.39, 0.29) is 17.2 Å². The second kappa shape index (κ2) is 6.99. The lowest BCUT2D eigenvalue weighted by Gasteiger charge is -2.17. The number of nitrogens with one attached hydrogen (secondary N) is 1. The van der Waals surface area contributed by atoms with Gasteiger partial charge < -0.3 is 10.2 Å². The standard InChI is InChI=1S/C14H17ClN2O2S/c1-10(11-2-4-12(15)5-3-11)16-13(18)6-7-17-8-9-20-14(17)19/h2-5,10H,6-9H2,1H3,(H,16,18)/t10-/m1/s1. The molecule has 2 rings (SSSR count). The van der Waals surface area contributed by atoms with Crippen LogP contribution in [0.3, 0.4) is 0 Å². The molecule has 1 aliphatic heterocycles. The van der Waals surface area contributed by atoms with E-state index in [1.165, 1.54) is 11.8 Å². The third kappa shape index (κ3) is 4.15. The molecular weight excluding hydrogens is 296 g/mol. The van der Waals surface area contributed by atoms with Crippen LogP contribution < -0.4 is 5.32 Å². The van der Waals surface area contributed by atoms with Gasteiger partial charge in [-0.2, -0.15) is 0 Å². The Balaban J connectivity index is 1.79. The fourth-order valence-electron chi connectivity index (χ4n) is 2.01. The second-order valence-corrected chi connectivity index (χ2v) is 6.17. The first-order chi connectivity index (χ1) is 9.56. The molecule has 0 unspecified atom stereocenters. The zero-order valence-corrected chi connectivity index (χ0v) is 12.8. The van der Waals surface area contributed by atoms with Gasteiger partial charge in [0.05, 0.1) is 6.04 Å². The number of carbonyl (C=O) groups excluding carboxylic acids is 2. The number of amides is 2. The van der Waals surface area contributed by atoms with E-state index in [1.54, 1.807) is 17.0 Å². The maximum atomic E-state index is 11.9. The summed E-state index contributed by atoms with van der Waals surface area (Å²) < 4.78 is 0. The van der Waals surface area contributed by atoms with Crippen molar-refractivity contribution < 1.29 is 9.59 Å². The maximum Gasteiger partial charge on any atom is 0.281 e. The Bertz CT molecular complexity index is 492. The normalized spacial score (nSPS) is 16.3. The molecule has 1 fully saturated rings. The van der Waals surface area contributed by atoms with Crippen molar-refractivity contribution in [3.05, 3.63) is 34.9 Å². The molecule has 1 N–H and O–H groups in total. The average molecular weight is 313 g/mol. The maximum absolute atomic E-state index is 11.9. The summed E-state index contributed by atoms with van der Waals surface area (Å²) in [7, 11) is 0. The van der Waals surface area contributed by atoms with Crippen LogP contribution in [0.1, 0.15) is 24.9 Å². The van der Waals surface area contributed by atoms with Gasteiger partial charge in [0.15, 0.2) is 0 Å². The highest BCUT2D eigenvalue weighted by Gasteiger charge is 2.21. The van der Waals surface area contributed by atoms with Gasteiger partial charge in [0.1, 0.15) is 0 Å². The van der Waals surface area contributed by atoms with Gasteiger partial charge in [-0.15, -0.1) is 0 Å². The van der Waals surface area contributed by atoms with Crippen molar-refractivity contribution in [3.63, 3.8) is 0 Å². The molecule has 1 saturated heterocycles. The van der Waals surface area contributed by atoms with Gasteiger partial charge in [-0.1, -0.05) is 35.5 Å². The number of thioether (sulfide) groups is 1. The van der Waals surface area contributed by atoms with Crippen LogP contribution in [0.4, 0.5) is 4.79 Å². The van der Waals surface area contributed by atoms with Crippen LogP contribution in [0.15, 0.2) is 24.3 Å². The molecule has 1 aliphatic rings. The summed E-state index contributed by atoms with van der Waals surface area (Å²) in [4.78, 5) is 25.0. The van der Waals surface area contributed by atoms with Gasteiger partial charge >= 0.3 is 0 Å². The molecule has 1 atom stereocenters. The zero-order chi connectivity index (χ0) is 14.5. The van der Waals surface area contributed by atoms with E-state index < -0.39 is 0 Å². The van der Waals surface area contributed by atoms with Crippen molar-refractivity contribution in [3.8, 4) is 0 Å². The Kier molecular flexibility index (Phi) is 5.31. The van der Waals surface area contributed by atoms with E-state index in [2.05, 4.69) is 5.32 Å². The average Bonchev–Trinajstić information content (AvgIpc) is 2.82. The van der Waals surface area contributed by atoms with Gasteiger partial charge in [0.2, 0.25) is 5.91 Å². The van der Waals surface area contributed by atoms with Crippen molar-refractivity contribution >= 4 is 34.5 Å². The predicted molar refractivity (Wildman–Crippen MR) is 82.1 cm³/mol. The molecule has 108 valence electrons. The first kappa shape index (κ1) is 15.2.